The van der Waals surface area contributed by atoms with Gasteiger partial charge in [0.05, 0.1) is 29.3 Å². The van der Waals surface area contributed by atoms with Gasteiger partial charge in [-0.15, -0.1) is 10.2 Å². The van der Waals surface area contributed by atoms with Gasteiger partial charge in [-0.05, 0) is 12.1 Å². The minimum atomic E-state index is -0.311. The van der Waals surface area contributed by atoms with Crippen LogP contribution in [0.25, 0.3) is 16.0 Å². The molecule has 0 spiro atoms. The number of rotatable bonds is 4. The minimum Gasteiger partial charge on any atom is -0.367 e. The molecule has 146 valence electrons. The summed E-state index contributed by atoms with van der Waals surface area (Å²) in [5.74, 6) is -0.311. The highest BCUT2D eigenvalue weighted by atomic mass is 32.1. The number of hydrogen-bond donors (Lipinski definition) is 2. The minimum absolute atomic E-state index is 0.273. The molecule has 3 aromatic heterocycles. The number of carbonyl (C=O) groups is 1. The zero-order valence-electron chi connectivity index (χ0n) is 15.4. The topological polar surface area (TPSA) is 101 Å². The molecule has 0 unspecified atom stereocenters. The summed E-state index contributed by atoms with van der Waals surface area (Å²) in [5.41, 5.74) is 2.54. The molecule has 4 heterocycles. The van der Waals surface area contributed by atoms with E-state index in [1.807, 2.05) is 30.3 Å². The van der Waals surface area contributed by atoms with Gasteiger partial charge in [-0.25, -0.2) is 4.68 Å². The molecule has 1 fully saturated rings. The molecule has 2 N–H and O–H groups in total. The lowest BCUT2D eigenvalue weighted by atomic mass is 10.2. The molecule has 0 aliphatic carbocycles. The van der Waals surface area contributed by atoms with Gasteiger partial charge in [0.15, 0.2) is 0 Å². The molecule has 1 aromatic carbocycles. The number of para-hydroxylation sites is 1. The summed E-state index contributed by atoms with van der Waals surface area (Å²) in [6.07, 6.45) is 5.17. The number of anilines is 2. The number of carbonyl (C=O) groups excluding carboxylic acids is 1. The van der Waals surface area contributed by atoms with Crippen molar-refractivity contribution in [2.75, 3.05) is 36.4 Å². The predicted molar refractivity (Wildman–Crippen MR) is 112 cm³/mol. The maximum absolute atomic E-state index is 12.8. The smallest absolute Gasteiger partial charge is 0.286 e. The van der Waals surface area contributed by atoms with E-state index >= 15 is 0 Å². The van der Waals surface area contributed by atoms with Crippen LogP contribution in [-0.2, 0) is 0 Å². The molecule has 0 atom stereocenters. The Morgan fingerprint density at radius 1 is 1.10 bits per heavy atom. The molecule has 1 amide bonds. The van der Waals surface area contributed by atoms with Crippen LogP contribution in [0.15, 0.2) is 48.9 Å². The van der Waals surface area contributed by atoms with Gasteiger partial charge >= 0.3 is 0 Å². The van der Waals surface area contributed by atoms with Crippen molar-refractivity contribution in [1.82, 2.24) is 30.3 Å². The maximum atomic E-state index is 12.8. The van der Waals surface area contributed by atoms with E-state index in [-0.39, 0.29) is 10.9 Å². The quantitative estimate of drug-likeness (QED) is 0.534. The summed E-state index contributed by atoms with van der Waals surface area (Å²) in [6.45, 7) is 3.57. The third-order valence-corrected chi connectivity index (χ3v) is 5.67. The van der Waals surface area contributed by atoms with Gasteiger partial charge in [-0.2, -0.15) is 5.10 Å². The second-order valence-electron chi connectivity index (χ2n) is 6.59. The monoisotopic (exact) mass is 406 g/mol. The zero-order valence-corrected chi connectivity index (χ0v) is 16.3. The third-order valence-electron chi connectivity index (χ3n) is 4.77. The molecular weight excluding hydrogens is 388 g/mol. The predicted octanol–water partition coefficient (Wildman–Crippen LogP) is 1.93. The van der Waals surface area contributed by atoms with Crippen LogP contribution in [0.3, 0.4) is 0 Å². The van der Waals surface area contributed by atoms with Crippen molar-refractivity contribution in [3.8, 4) is 5.13 Å². The molecule has 10 heteroatoms. The average molecular weight is 406 g/mol. The number of benzene rings is 1. The molecule has 1 aliphatic rings. The number of pyridine rings is 1. The van der Waals surface area contributed by atoms with E-state index in [1.165, 1.54) is 11.3 Å². The van der Waals surface area contributed by atoms with Crippen LogP contribution in [0.4, 0.5) is 11.4 Å². The Morgan fingerprint density at radius 2 is 1.97 bits per heavy atom. The molecule has 0 radical (unpaired) electrons. The van der Waals surface area contributed by atoms with Gasteiger partial charge in [0.25, 0.3) is 5.91 Å². The lowest BCUT2D eigenvalue weighted by Crippen LogP contribution is -2.43. The first-order chi connectivity index (χ1) is 14.3. The summed E-state index contributed by atoms with van der Waals surface area (Å²) in [6, 6.07) is 9.75. The fourth-order valence-electron chi connectivity index (χ4n) is 3.36. The summed E-state index contributed by atoms with van der Waals surface area (Å²) < 4.78 is 1.69. The van der Waals surface area contributed by atoms with Gasteiger partial charge in [-0.3, -0.25) is 9.78 Å². The SMILES string of the molecule is O=C(Nc1cnccc1N1CCNCC1)c1nnc(-n2ncc3ccccc32)s1. The maximum Gasteiger partial charge on any atom is 0.286 e. The van der Waals surface area contributed by atoms with Gasteiger partial charge in [0, 0.05) is 37.8 Å². The van der Waals surface area contributed by atoms with Crippen molar-refractivity contribution in [2.45, 2.75) is 0 Å². The highest BCUT2D eigenvalue weighted by Gasteiger charge is 2.19. The van der Waals surface area contributed by atoms with Crippen LogP contribution in [0.5, 0.6) is 0 Å². The Kier molecular flexibility index (Phi) is 4.62. The first-order valence-corrected chi connectivity index (χ1v) is 10.1. The number of nitrogens with one attached hydrogen (secondary N) is 2. The van der Waals surface area contributed by atoms with Gasteiger partial charge < -0.3 is 15.5 Å². The first-order valence-electron chi connectivity index (χ1n) is 9.27. The summed E-state index contributed by atoms with van der Waals surface area (Å²) in [4.78, 5) is 19.2. The largest absolute Gasteiger partial charge is 0.367 e. The average Bonchev–Trinajstić information content (AvgIpc) is 3.42. The van der Waals surface area contributed by atoms with E-state index in [9.17, 15) is 4.79 Å². The lowest BCUT2D eigenvalue weighted by Gasteiger charge is -2.30. The van der Waals surface area contributed by atoms with Crippen LogP contribution in [0.2, 0.25) is 0 Å². The molecule has 9 nitrogen and oxygen atoms in total. The highest BCUT2D eigenvalue weighted by molar-refractivity contribution is 7.15. The van der Waals surface area contributed by atoms with Gasteiger partial charge in [0.1, 0.15) is 0 Å². The van der Waals surface area contributed by atoms with Gasteiger partial charge in [0.2, 0.25) is 10.1 Å². The molecule has 0 bridgehead atoms. The normalized spacial score (nSPS) is 14.3. The van der Waals surface area contributed by atoms with E-state index in [1.54, 1.807) is 23.3 Å². The molecule has 29 heavy (non-hydrogen) atoms. The van der Waals surface area contributed by atoms with Crippen LogP contribution >= 0.6 is 11.3 Å². The van der Waals surface area contributed by atoms with Crippen molar-refractivity contribution < 1.29 is 4.79 Å². The summed E-state index contributed by atoms with van der Waals surface area (Å²) in [7, 11) is 0. The Hall–Kier alpha value is -3.37. The third kappa shape index (κ3) is 3.43. The molecular formula is C19H18N8OS. The number of amides is 1. The van der Waals surface area contributed by atoms with Crippen molar-refractivity contribution in [3.05, 3.63) is 53.9 Å². The van der Waals surface area contributed by atoms with E-state index in [4.69, 9.17) is 0 Å². The molecule has 1 aliphatic heterocycles. The standard InChI is InChI=1S/C19H18N8OS/c28-17(23-14-12-21-6-5-16(14)26-9-7-20-8-10-26)18-24-25-19(29-18)27-15-4-2-1-3-13(15)11-22-27/h1-6,11-12,20H,7-10H2,(H,23,28). The zero-order chi connectivity index (χ0) is 19.6. The van der Waals surface area contributed by atoms with E-state index in [0.29, 0.717) is 10.8 Å². The molecule has 4 aromatic rings. The molecule has 1 saturated heterocycles. The fraction of sp³-hybridized carbons (Fsp3) is 0.211. The van der Waals surface area contributed by atoms with Gasteiger partial charge in [-0.1, -0.05) is 29.5 Å². The van der Waals surface area contributed by atoms with Crippen molar-refractivity contribution in [2.24, 2.45) is 0 Å². The van der Waals surface area contributed by atoms with Crippen LogP contribution in [0, 0.1) is 0 Å². The Morgan fingerprint density at radius 3 is 2.86 bits per heavy atom. The second-order valence-corrected chi connectivity index (χ2v) is 7.54. The van der Waals surface area contributed by atoms with Crippen molar-refractivity contribution in [1.29, 1.82) is 0 Å². The number of piperazine rings is 1. The van der Waals surface area contributed by atoms with Crippen molar-refractivity contribution >= 4 is 39.5 Å². The number of aromatic nitrogens is 5. The molecule has 5 rings (SSSR count). The summed E-state index contributed by atoms with van der Waals surface area (Å²) >= 11 is 1.20. The Bertz CT molecular complexity index is 1160. The van der Waals surface area contributed by atoms with Crippen LogP contribution < -0.4 is 15.5 Å². The first kappa shape index (κ1) is 17.7. The van der Waals surface area contributed by atoms with E-state index in [2.05, 4.69) is 35.8 Å². The highest BCUT2D eigenvalue weighted by Crippen LogP contribution is 2.26. The Balaban J connectivity index is 1.39. The van der Waals surface area contributed by atoms with Crippen LogP contribution in [0.1, 0.15) is 9.80 Å². The number of fused-ring (bicyclic) bond motifs is 1. The fourth-order valence-corrected chi connectivity index (χ4v) is 4.07. The lowest BCUT2D eigenvalue weighted by molar-refractivity contribution is 0.102. The number of hydrogen-bond acceptors (Lipinski definition) is 8. The number of nitrogens with zero attached hydrogens (tertiary/aromatic N) is 6. The van der Waals surface area contributed by atoms with Crippen LogP contribution in [-0.4, -0.2) is 57.0 Å². The second kappa shape index (κ2) is 7.57. The van der Waals surface area contributed by atoms with E-state index in [0.717, 1.165) is 42.8 Å². The van der Waals surface area contributed by atoms with Crippen molar-refractivity contribution in [3.63, 3.8) is 0 Å². The Labute approximate surface area is 170 Å². The summed E-state index contributed by atoms with van der Waals surface area (Å²) in [5, 5.41) is 20.7. The molecule has 0 saturated carbocycles. The van der Waals surface area contributed by atoms with E-state index < -0.39 is 0 Å².